The van der Waals surface area contributed by atoms with E-state index in [0.717, 1.165) is 0 Å². The van der Waals surface area contributed by atoms with Crippen LogP contribution in [0, 0.1) is 0 Å². The minimum atomic E-state index is -0.784. The summed E-state index contributed by atoms with van der Waals surface area (Å²) in [6, 6.07) is 0. The molecule has 0 aliphatic carbocycles. The summed E-state index contributed by atoms with van der Waals surface area (Å²) < 4.78 is 0. The van der Waals surface area contributed by atoms with Crippen LogP contribution in [0.3, 0.4) is 0 Å². The molecule has 0 bridgehead atoms. The van der Waals surface area contributed by atoms with Gasteiger partial charge in [0.25, 0.3) is 0 Å². The first-order valence-electron chi connectivity index (χ1n) is 3.74. The van der Waals surface area contributed by atoms with Crippen molar-refractivity contribution in [1.82, 2.24) is 5.32 Å². The predicted molar refractivity (Wildman–Crippen MR) is 53.4 cm³/mol. The number of halogens is 1. The molecule has 0 unspecified atom stereocenters. The van der Waals surface area contributed by atoms with Gasteiger partial charge in [-0.1, -0.05) is 0 Å². The maximum absolute atomic E-state index is 11.2. The van der Waals surface area contributed by atoms with Crippen LogP contribution >= 0.6 is 12.4 Å². The molecule has 0 aromatic rings. The lowest BCUT2D eigenvalue weighted by Crippen LogP contribution is -2.54. The minimum absolute atomic E-state index is 0. The Morgan fingerprint density at radius 1 is 1.17 bits per heavy atom. The molecule has 12 heavy (non-hydrogen) atoms. The summed E-state index contributed by atoms with van der Waals surface area (Å²) in [6.45, 7) is 9.16. The molecule has 3 N–H and O–H groups in total. The van der Waals surface area contributed by atoms with E-state index in [2.05, 4.69) is 5.32 Å². The molecule has 0 fully saturated rings. The van der Waals surface area contributed by atoms with Gasteiger partial charge < -0.3 is 11.1 Å². The molecule has 0 spiro atoms. The zero-order valence-electron chi connectivity index (χ0n) is 8.39. The number of nitrogens with two attached hydrogens (primary N) is 1. The molecular formula is C8H19ClN2O. The number of nitrogens with one attached hydrogen (secondary N) is 1. The molecule has 0 saturated heterocycles. The van der Waals surface area contributed by atoms with Crippen LogP contribution in [0.2, 0.25) is 0 Å². The highest BCUT2D eigenvalue weighted by molar-refractivity contribution is 5.85. The van der Waals surface area contributed by atoms with Crippen molar-refractivity contribution in [2.24, 2.45) is 5.73 Å². The van der Waals surface area contributed by atoms with Gasteiger partial charge in [0.15, 0.2) is 0 Å². The Morgan fingerprint density at radius 3 is 1.58 bits per heavy atom. The summed E-state index contributed by atoms with van der Waals surface area (Å²) in [4.78, 5) is 11.2. The van der Waals surface area contributed by atoms with E-state index in [9.17, 15) is 4.79 Å². The Bertz CT molecular complexity index is 155. The van der Waals surface area contributed by atoms with Crippen molar-refractivity contribution in [1.29, 1.82) is 0 Å². The Balaban J connectivity index is 0. The van der Waals surface area contributed by atoms with Gasteiger partial charge >= 0.3 is 0 Å². The van der Waals surface area contributed by atoms with Gasteiger partial charge in [-0.25, -0.2) is 0 Å². The van der Waals surface area contributed by atoms with Gasteiger partial charge in [0, 0.05) is 5.54 Å². The van der Waals surface area contributed by atoms with Crippen molar-refractivity contribution in [3.8, 4) is 0 Å². The summed E-state index contributed by atoms with van der Waals surface area (Å²) in [5, 5.41) is 2.80. The Kier molecular flexibility index (Phi) is 4.87. The lowest BCUT2D eigenvalue weighted by atomic mass is 10.0. The topological polar surface area (TPSA) is 55.1 Å². The minimum Gasteiger partial charge on any atom is -0.350 e. The molecule has 0 heterocycles. The second-order valence-electron chi connectivity index (χ2n) is 4.43. The molecule has 0 radical (unpaired) electrons. The fraction of sp³-hybridized carbons (Fsp3) is 0.875. The van der Waals surface area contributed by atoms with E-state index in [1.54, 1.807) is 13.8 Å². The van der Waals surface area contributed by atoms with Crippen molar-refractivity contribution < 1.29 is 4.79 Å². The molecule has 0 aliphatic heterocycles. The zero-order valence-corrected chi connectivity index (χ0v) is 9.21. The Morgan fingerprint density at radius 2 is 1.50 bits per heavy atom. The fourth-order valence-electron chi connectivity index (χ4n) is 0.502. The van der Waals surface area contributed by atoms with Crippen LogP contribution < -0.4 is 11.1 Å². The molecule has 0 aromatic heterocycles. The third-order valence-corrected chi connectivity index (χ3v) is 1.07. The number of carbonyl (C=O) groups excluding carboxylic acids is 1. The first-order valence-corrected chi connectivity index (χ1v) is 3.74. The van der Waals surface area contributed by atoms with E-state index < -0.39 is 5.54 Å². The molecule has 0 aliphatic rings. The Labute approximate surface area is 80.5 Å². The molecule has 0 aromatic carbocycles. The zero-order chi connectivity index (χ0) is 9.28. The van der Waals surface area contributed by atoms with Crippen LogP contribution in [0.15, 0.2) is 0 Å². The van der Waals surface area contributed by atoms with Crippen LogP contribution in [0.5, 0.6) is 0 Å². The van der Waals surface area contributed by atoms with Crippen LogP contribution in [0.4, 0.5) is 0 Å². The van der Waals surface area contributed by atoms with Gasteiger partial charge in [-0.3, -0.25) is 4.79 Å². The number of carbonyl (C=O) groups is 1. The van der Waals surface area contributed by atoms with E-state index in [1.807, 2.05) is 20.8 Å². The van der Waals surface area contributed by atoms with Crippen molar-refractivity contribution in [3.63, 3.8) is 0 Å². The molecular weight excluding hydrogens is 176 g/mol. The first-order chi connectivity index (χ1) is 4.63. The lowest BCUT2D eigenvalue weighted by Gasteiger charge is -2.26. The highest BCUT2D eigenvalue weighted by Crippen LogP contribution is 2.03. The second kappa shape index (κ2) is 4.10. The van der Waals surface area contributed by atoms with Crippen LogP contribution in [-0.2, 0) is 4.79 Å². The van der Waals surface area contributed by atoms with Gasteiger partial charge in [-0.2, -0.15) is 0 Å². The van der Waals surface area contributed by atoms with Crippen LogP contribution in [-0.4, -0.2) is 17.0 Å². The SMILES string of the molecule is CC(C)(C)NC(=O)C(C)(C)N.Cl. The van der Waals surface area contributed by atoms with E-state index in [0.29, 0.717) is 0 Å². The number of rotatable bonds is 1. The Hall–Kier alpha value is -0.280. The molecule has 3 nitrogen and oxygen atoms in total. The maximum Gasteiger partial charge on any atom is 0.239 e. The summed E-state index contributed by atoms with van der Waals surface area (Å²) in [6.07, 6.45) is 0. The summed E-state index contributed by atoms with van der Waals surface area (Å²) in [5.41, 5.74) is 4.59. The van der Waals surface area contributed by atoms with E-state index in [-0.39, 0.29) is 23.9 Å². The fourth-order valence-corrected chi connectivity index (χ4v) is 0.502. The van der Waals surface area contributed by atoms with Crippen molar-refractivity contribution >= 4 is 18.3 Å². The van der Waals surface area contributed by atoms with Gasteiger partial charge in [0.05, 0.1) is 5.54 Å². The van der Waals surface area contributed by atoms with E-state index in [1.165, 1.54) is 0 Å². The van der Waals surface area contributed by atoms with Gasteiger partial charge in [-0.05, 0) is 34.6 Å². The predicted octanol–water partition coefficient (Wildman–Crippen LogP) is 1.06. The molecule has 0 saturated carbocycles. The lowest BCUT2D eigenvalue weighted by molar-refractivity contribution is -0.126. The molecule has 74 valence electrons. The second-order valence-corrected chi connectivity index (χ2v) is 4.43. The average molecular weight is 195 g/mol. The quantitative estimate of drug-likeness (QED) is 0.656. The first kappa shape index (κ1) is 14.3. The molecule has 1 amide bonds. The standard InChI is InChI=1S/C8H18N2O.ClH/c1-7(2,3)10-6(11)8(4,5)9;/h9H2,1-5H3,(H,10,11);1H. The van der Waals surface area contributed by atoms with Gasteiger partial charge in [0.1, 0.15) is 0 Å². The average Bonchev–Trinajstić information content (AvgIpc) is 1.56. The van der Waals surface area contributed by atoms with Crippen molar-refractivity contribution in [2.75, 3.05) is 0 Å². The highest BCUT2D eigenvalue weighted by atomic mass is 35.5. The number of amides is 1. The number of hydrogen-bond acceptors (Lipinski definition) is 2. The molecule has 4 heteroatoms. The molecule has 0 atom stereocenters. The smallest absolute Gasteiger partial charge is 0.239 e. The largest absolute Gasteiger partial charge is 0.350 e. The normalized spacial score (nSPS) is 11.8. The third kappa shape index (κ3) is 6.43. The van der Waals surface area contributed by atoms with Gasteiger partial charge in [0.2, 0.25) is 5.91 Å². The summed E-state index contributed by atoms with van der Waals surface area (Å²) in [7, 11) is 0. The van der Waals surface area contributed by atoms with Gasteiger partial charge in [-0.15, -0.1) is 12.4 Å². The van der Waals surface area contributed by atoms with E-state index in [4.69, 9.17) is 5.73 Å². The van der Waals surface area contributed by atoms with Crippen molar-refractivity contribution in [3.05, 3.63) is 0 Å². The maximum atomic E-state index is 11.2. The molecule has 0 rings (SSSR count). The van der Waals surface area contributed by atoms with E-state index >= 15 is 0 Å². The summed E-state index contributed by atoms with van der Waals surface area (Å²) in [5.74, 6) is -0.120. The monoisotopic (exact) mass is 194 g/mol. The highest BCUT2D eigenvalue weighted by Gasteiger charge is 2.25. The summed E-state index contributed by atoms with van der Waals surface area (Å²) >= 11 is 0. The van der Waals surface area contributed by atoms with Crippen LogP contribution in [0.1, 0.15) is 34.6 Å². The number of hydrogen-bond donors (Lipinski definition) is 2. The van der Waals surface area contributed by atoms with Crippen molar-refractivity contribution in [2.45, 2.75) is 45.7 Å². The third-order valence-electron chi connectivity index (χ3n) is 1.07. The van der Waals surface area contributed by atoms with Crippen LogP contribution in [0.25, 0.3) is 0 Å².